The van der Waals surface area contributed by atoms with Crippen molar-refractivity contribution in [2.24, 2.45) is 0 Å². The number of rotatable bonds is 0. The van der Waals surface area contributed by atoms with Gasteiger partial charge in [-0.05, 0) is 90.4 Å². The van der Waals surface area contributed by atoms with Crippen molar-refractivity contribution in [3.63, 3.8) is 0 Å². The van der Waals surface area contributed by atoms with Crippen LogP contribution >= 0.6 is 11.3 Å². The second-order valence-corrected chi connectivity index (χ2v) is 18.4. The van der Waals surface area contributed by atoms with Crippen LogP contribution in [0.15, 0.2) is 128 Å². The molecule has 3 nitrogen and oxygen atoms in total. The first-order chi connectivity index (χ1) is 26.8. The van der Waals surface area contributed by atoms with E-state index in [2.05, 4.69) is 169 Å². The van der Waals surface area contributed by atoms with E-state index < -0.39 is 0 Å². The molecule has 0 aliphatic carbocycles. The molecule has 5 aromatic heterocycles. The van der Waals surface area contributed by atoms with Gasteiger partial charge in [0, 0.05) is 77.5 Å². The first kappa shape index (κ1) is 31.7. The van der Waals surface area contributed by atoms with E-state index in [1.165, 1.54) is 103 Å². The molecule has 2 atom stereocenters. The minimum absolute atomic E-state index is 0.0442. The van der Waals surface area contributed by atoms with Gasteiger partial charge >= 0.3 is 0 Å². The summed E-state index contributed by atoms with van der Waals surface area (Å²) in [6.07, 6.45) is 7.91. The summed E-state index contributed by atoms with van der Waals surface area (Å²) >= 11 is 1.94. The fourth-order valence-corrected chi connectivity index (χ4v) is 11.7. The van der Waals surface area contributed by atoms with Crippen molar-refractivity contribution in [1.29, 1.82) is 0 Å². The van der Waals surface area contributed by atoms with Crippen molar-refractivity contribution in [3.8, 4) is 22.5 Å². The Morgan fingerprint density at radius 3 is 2.42 bits per heavy atom. The van der Waals surface area contributed by atoms with Crippen LogP contribution in [0, 0.1) is 6.92 Å². The summed E-state index contributed by atoms with van der Waals surface area (Å²) in [5.74, 6) is 0.424. The molecule has 0 fully saturated rings. The number of aryl methyl sites for hydroxylation is 3. The summed E-state index contributed by atoms with van der Waals surface area (Å²) in [6.45, 7) is 10.2. The number of hydrogen-bond donors (Lipinski definition) is 0. The number of pyridine rings is 2. The van der Waals surface area contributed by atoms with E-state index in [1.807, 2.05) is 11.3 Å². The van der Waals surface area contributed by atoms with Crippen LogP contribution in [0.3, 0.4) is 0 Å². The quantitative estimate of drug-likeness (QED) is 0.138. The standard InChI is InChI=1S/C51H43N3S/c1-30-16-19-43-40(25-30)49-48-36-13-7-8-15-46(36)55-47(48)29-39-38-28-37-31(26-45(38)54(43)50(39)49)17-18-35-33-11-5-6-12-34(33)41-14-9-10-22-53(41)42(35)21-24-52-23-20-32(27-44(37)52)51(2,3)4/h5-16,19-20,22-23,25-29,35,42H,17-18,21,24H2,1-4H3/q+2. The number of fused-ring (bicyclic) bond motifs is 19. The lowest BCUT2D eigenvalue weighted by Crippen LogP contribution is -2.50. The Hall–Kier alpha value is -5.58. The third-order valence-corrected chi connectivity index (χ3v) is 14.3. The molecule has 0 radical (unpaired) electrons. The van der Waals surface area contributed by atoms with Gasteiger partial charge in [0.15, 0.2) is 25.0 Å². The van der Waals surface area contributed by atoms with Crippen LogP contribution in [0.4, 0.5) is 0 Å². The van der Waals surface area contributed by atoms with Gasteiger partial charge in [-0.2, -0.15) is 9.13 Å². The molecule has 10 aromatic rings. The third-order valence-electron chi connectivity index (χ3n) is 13.2. The van der Waals surface area contributed by atoms with Gasteiger partial charge in [-0.3, -0.25) is 0 Å². The fraction of sp³-hybridized carbons (Fsp3) is 0.216. The minimum atomic E-state index is 0.0442. The normalized spacial score (nSPS) is 17.2. The smallest absolute Gasteiger partial charge is 0.213 e. The molecule has 2 aliphatic heterocycles. The lowest BCUT2D eigenvalue weighted by atomic mass is 9.77. The molecule has 12 rings (SSSR count). The first-order valence-electron chi connectivity index (χ1n) is 20.0. The fourth-order valence-electron chi connectivity index (χ4n) is 10.6. The summed E-state index contributed by atoms with van der Waals surface area (Å²) in [6, 6.07) is 45.0. The van der Waals surface area contributed by atoms with Crippen molar-refractivity contribution in [1.82, 2.24) is 4.40 Å². The molecule has 7 heterocycles. The first-order valence-corrected chi connectivity index (χ1v) is 20.8. The predicted molar refractivity (Wildman–Crippen MR) is 230 cm³/mol. The molecule has 0 amide bonds. The van der Waals surface area contributed by atoms with Gasteiger partial charge in [-0.25, -0.2) is 0 Å². The number of nitrogens with zero attached hydrogens (tertiary/aromatic N) is 3. The Morgan fingerprint density at radius 2 is 1.51 bits per heavy atom. The molecule has 55 heavy (non-hydrogen) atoms. The SMILES string of the molecule is Cc1ccc2c(c1)c1c3c(cc4c5cc6c(cc5n2c41)CCC1c2ccccc2-c2cccc[n+]2C1CC[n+]1ccc(C(C)(C)C)cc1-6)sc1ccccc13. The van der Waals surface area contributed by atoms with Crippen LogP contribution in [0.25, 0.3) is 80.8 Å². The zero-order valence-electron chi connectivity index (χ0n) is 31.9. The zero-order valence-corrected chi connectivity index (χ0v) is 32.7. The summed E-state index contributed by atoms with van der Waals surface area (Å²) in [5.41, 5.74) is 15.1. The Morgan fingerprint density at radius 1 is 0.655 bits per heavy atom. The van der Waals surface area contributed by atoms with E-state index in [0.717, 1.165) is 25.8 Å². The monoisotopic (exact) mass is 729 g/mol. The van der Waals surface area contributed by atoms with Crippen LogP contribution in [0.2, 0.25) is 0 Å². The molecule has 0 N–H and O–H groups in total. The molecule has 0 saturated carbocycles. The van der Waals surface area contributed by atoms with Crippen LogP contribution in [-0.4, -0.2) is 4.40 Å². The van der Waals surface area contributed by atoms with E-state index in [4.69, 9.17) is 0 Å². The third kappa shape index (κ3) is 4.43. The molecule has 0 bridgehead atoms. The van der Waals surface area contributed by atoms with Crippen LogP contribution < -0.4 is 9.13 Å². The van der Waals surface area contributed by atoms with Crippen LogP contribution in [0.5, 0.6) is 0 Å². The summed E-state index contributed by atoms with van der Waals surface area (Å²) in [5, 5.41) is 8.27. The van der Waals surface area contributed by atoms with Crippen molar-refractivity contribution in [2.75, 3.05) is 0 Å². The van der Waals surface area contributed by atoms with Gasteiger partial charge in [-0.1, -0.05) is 68.8 Å². The highest BCUT2D eigenvalue weighted by Crippen LogP contribution is 2.49. The number of benzene rings is 5. The van der Waals surface area contributed by atoms with Crippen molar-refractivity contribution in [2.45, 2.75) is 70.9 Å². The highest BCUT2D eigenvalue weighted by Gasteiger charge is 2.41. The maximum Gasteiger partial charge on any atom is 0.213 e. The highest BCUT2D eigenvalue weighted by atomic mass is 32.1. The van der Waals surface area contributed by atoms with E-state index in [-0.39, 0.29) is 5.41 Å². The molecule has 5 aromatic carbocycles. The van der Waals surface area contributed by atoms with Gasteiger partial charge in [0.25, 0.3) is 0 Å². The summed E-state index contributed by atoms with van der Waals surface area (Å²) < 4.78 is 10.5. The molecule has 0 spiro atoms. The molecular formula is C51H43N3S+2. The average Bonchev–Trinajstić information content (AvgIpc) is 3.84. The maximum atomic E-state index is 2.62. The second-order valence-electron chi connectivity index (χ2n) is 17.3. The lowest BCUT2D eigenvalue weighted by molar-refractivity contribution is -0.738. The Kier molecular flexibility index (Phi) is 6.49. The van der Waals surface area contributed by atoms with E-state index in [1.54, 1.807) is 0 Å². The average molecular weight is 730 g/mol. The van der Waals surface area contributed by atoms with Crippen molar-refractivity contribution >= 4 is 69.6 Å². The Bertz CT molecular complexity index is 3230. The van der Waals surface area contributed by atoms with Gasteiger partial charge in [-0.15, -0.1) is 11.3 Å². The summed E-state index contributed by atoms with van der Waals surface area (Å²) in [7, 11) is 0. The molecular weight excluding hydrogens is 687 g/mol. The van der Waals surface area contributed by atoms with Gasteiger partial charge in [0.2, 0.25) is 11.4 Å². The van der Waals surface area contributed by atoms with Gasteiger partial charge < -0.3 is 4.40 Å². The molecule has 2 unspecified atom stereocenters. The highest BCUT2D eigenvalue weighted by molar-refractivity contribution is 7.26. The van der Waals surface area contributed by atoms with Crippen molar-refractivity contribution < 1.29 is 9.13 Å². The van der Waals surface area contributed by atoms with E-state index in [9.17, 15) is 0 Å². The number of aromatic nitrogens is 3. The second kappa shape index (κ2) is 11.2. The van der Waals surface area contributed by atoms with Crippen molar-refractivity contribution in [3.05, 3.63) is 150 Å². The number of hydrogen-bond acceptors (Lipinski definition) is 1. The maximum absolute atomic E-state index is 2.62. The zero-order chi connectivity index (χ0) is 36.7. The van der Waals surface area contributed by atoms with E-state index in [0.29, 0.717) is 12.0 Å². The lowest BCUT2D eigenvalue weighted by Gasteiger charge is -2.31. The van der Waals surface area contributed by atoms with Gasteiger partial charge in [0.05, 0.1) is 28.5 Å². The summed E-state index contributed by atoms with van der Waals surface area (Å²) in [4.78, 5) is 0. The van der Waals surface area contributed by atoms with Crippen LogP contribution in [-0.2, 0) is 18.4 Å². The topological polar surface area (TPSA) is 12.2 Å². The Labute approximate surface area is 325 Å². The predicted octanol–water partition coefficient (Wildman–Crippen LogP) is 12.4. The largest absolute Gasteiger partial charge is 0.308 e. The molecule has 2 aliphatic rings. The van der Waals surface area contributed by atoms with E-state index >= 15 is 0 Å². The molecule has 4 heteroatoms. The molecule has 266 valence electrons. The Balaban J connectivity index is 1.17. The molecule has 0 saturated heterocycles. The van der Waals surface area contributed by atoms with Gasteiger partial charge in [0.1, 0.15) is 0 Å². The minimum Gasteiger partial charge on any atom is -0.308 e. The number of thiophene rings is 1. The van der Waals surface area contributed by atoms with Crippen LogP contribution in [0.1, 0.15) is 67.8 Å².